The molecule has 2 N–H and O–H groups in total. The molecule has 0 bridgehead atoms. The van der Waals surface area contributed by atoms with Crippen molar-refractivity contribution in [2.45, 2.75) is 64.1 Å². The van der Waals surface area contributed by atoms with Crippen molar-refractivity contribution in [2.24, 2.45) is 5.92 Å². The maximum atomic E-state index is 12.9. The van der Waals surface area contributed by atoms with E-state index in [2.05, 4.69) is 53.2 Å². The lowest BCUT2D eigenvalue weighted by molar-refractivity contribution is -0.138. The Hall–Kier alpha value is -2.37. The number of likely N-dealkylation sites (tertiary alicyclic amines) is 1. The molecule has 5 nitrogen and oxygen atoms in total. The Bertz CT molecular complexity index is 897. The van der Waals surface area contributed by atoms with Crippen LogP contribution in [0, 0.1) is 5.92 Å². The number of nitrogens with one attached hydrogen (secondary N) is 1. The lowest BCUT2D eigenvalue weighted by Gasteiger charge is -2.52. The highest BCUT2D eigenvalue weighted by Gasteiger charge is 2.49. The normalized spacial score (nSPS) is 25.3. The van der Waals surface area contributed by atoms with E-state index in [1.807, 2.05) is 30.3 Å². The van der Waals surface area contributed by atoms with E-state index < -0.39 is 5.60 Å². The highest BCUT2D eigenvalue weighted by molar-refractivity contribution is 5.78. The molecule has 0 unspecified atom stereocenters. The predicted octanol–water partition coefficient (Wildman–Crippen LogP) is 4.52. The van der Waals surface area contributed by atoms with Gasteiger partial charge in [0.15, 0.2) is 0 Å². The van der Waals surface area contributed by atoms with Crippen molar-refractivity contribution in [3.05, 3.63) is 65.7 Å². The zero-order valence-corrected chi connectivity index (χ0v) is 20.2. The zero-order valence-electron chi connectivity index (χ0n) is 20.2. The summed E-state index contributed by atoms with van der Waals surface area (Å²) in [7, 11) is 0. The Kier molecular flexibility index (Phi) is 7.71. The van der Waals surface area contributed by atoms with Gasteiger partial charge >= 0.3 is 0 Å². The van der Waals surface area contributed by atoms with Crippen LogP contribution in [0.1, 0.15) is 63.1 Å². The summed E-state index contributed by atoms with van der Waals surface area (Å²) in [6, 6.07) is 18.9. The molecule has 33 heavy (non-hydrogen) atoms. The third-order valence-electron chi connectivity index (χ3n) is 7.71. The zero-order chi connectivity index (χ0) is 23.3. The highest BCUT2D eigenvalue weighted by Crippen LogP contribution is 2.49. The van der Waals surface area contributed by atoms with E-state index >= 15 is 0 Å². The number of aliphatic hydroxyl groups is 1. The van der Waals surface area contributed by atoms with Crippen LogP contribution in [0.4, 0.5) is 5.69 Å². The number of hydrogen-bond donors (Lipinski definition) is 2. The van der Waals surface area contributed by atoms with Crippen molar-refractivity contribution in [3.8, 4) is 0 Å². The van der Waals surface area contributed by atoms with Crippen molar-refractivity contribution >= 4 is 11.6 Å². The summed E-state index contributed by atoms with van der Waals surface area (Å²) in [6.07, 6.45) is 4.88. The lowest BCUT2D eigenvalue weighted by Crippen LogP contribution is -2.56. The van der Waals surface area contributed by atoms with Gasteiger partial charge in [0, 0.05) is 43.8 Å². The number of fused-ring (bicyclic) bond motifs is 1. The molecule has 2 aromatic rings. The van der Waals surface area contributed by atoms with Crippen LogP contribution in [0.15, 0.2) is 54.6 Å². The number of anilines is 1. The topological polar surface area (TPSA) is 55.8 Å². The second-order valence-corrected chi connectivity index (χ2v) is 9.65. The Morgan fingerprint density at radius 3 is 2.48 bits per heavy atom. The Morgan fingerprint density at radius 2 is 1.79 bits per heavy atom. The first-order valence-corrected chi connectivity index (χ1v) is 12.7. The van der Waals surface area contributed by atoms with E-state index in [0.717, 1.165) is 57.3 Å². The molecule has 2 fully saturated rings. The second kappa shape index (κ2) is 10.7. The first kappa shape index (κ1) is 23.8. The van der Waals surface area contributed by atoms with E-state index in [1.165, 1.54) is 11.3 Å². The van der Waals surface area contributed by atoms with E-state index in [9.17, 15) is 9.90 Å². The first-order valence-electron chi connectivity index (χ1n) is 12.7. The second-order valence-electron chi connectivity index (χ2n) is 9.65. The fraction of sp³-hybridized carbons (Fsp3) is 0.536. The van der Waals surface area contributed by atoms with E-state index in [1.54, 1.807) is 0 Å². The van der Waals surface area contributed by atoms with Crippen molar-refractivity contribution in [1.82, 2.24) is 10.2 Å². The average Bonchev–Trinajstić information content (AvgIpc) is 2.85. The third kappa shape index (κ3) is 5.42. The van der Waals surface area contributed by atoms with Crippen molar-refractivity contribution < 1.29 is 9.90 Å². The minimum atomic E-state index is -0.614. The molecule has 1 aliphatic carbocycles. The van der Waals surface area contributed by atoms with E-state index in [-0.39, 0.29) is 17.9 Å². The summed E-state index contributed by atoms with van der Waals surface area (Å²) in [5.74, 6) is 0.214. The molecule has 1 heterocycles. The van der Waals surface area contributed by atoms with E-state index in [4.69, 9.17) is 0 Å². The maximum absolute atomic E-state index is 12.9. The van der Waals surface area contributed by atoms with Crippen molar-refractivity contribution in [2.75, 3.05) is 31.1 Å². The molecule has 5 heteroatoms. The molecular weight excluding hydrogens is 410 g/mol. The van der Waals surface area contributed by atoms with Crippen LogP contribution >= 0.6 is 0 Å². The summed E-state index contributed by atoms with van der Waals surface area (Å²) >= 11 is 0. The molecule has 0 spiro atoms. The Morgan fingerprint density at radius 1 is 1.06 bits per heavy atom. The molecule has 0 aromatic heterocycles. The van der Waals surface area contributed by atoms with Crippen LogP contribution in [-0.2, 0) is 11.3 Å². The predicted molar refractivity (Wildman–Crippen MR) is 134 cm³/mol. The van der Waals surface area contributed by atoms with Gasteiger partial charge < -0.3 is 15.3 Å². The molecule has 0 radical (unpaired) electrons. The van der Waals surface area contributed by atoms with Gasteiger partial charge in [-0.3, -0.25) is 9.69 Å². The van der Waals surface area contributed by atoms with Crippen LogP contribution in [-0.4, -0.2) is 47.7 Å². The van der Waals surface area contributed by atoms with Crippen molar-refractivity contribution in [3.63, 3.8) is 0 Å². The molecule has 178 valence electrons. The molecule has 4 rings (SSSR count). The Balaban J connectivity index is 1.53. The lowest BCUT2D eigenvalue weighted by atomic mass is 9.66. The van der Waals surface area contributed by atoms with E-state index in [0.29, 0.717) is 13.1 Å². The number of nitrogens with zero attached hydrogens (tertiary/aromatic N) is 2. The monoisotopic (exact) mass is 449 g/mol. The largest absolute Gasteiger partial charge is 0.389 e. The summed E-state index contributed by atoms with van der Waals surface area (Å²) < 4.78 is 0. The van der Waals surface area contributed by atoms with Gasteiger partial charge in [-0.15, -0.1) is 0 Å². The van der Waals surface area contributed by atoms with Gasteiger partial charge in [0.25, 0.3) is 0 Å². The third-order valence-corrected chi connectivity index (χ3v) is 7.71. The highest BCUT2D eigenvalue weighted by atomic mass is 16.3. The number of hydrogen-bond acceptors (Lipinski definition) is 4. The first-order chi connectivity index (χ1) is 16.0. The Labute approximate surface area is 198 Å². The minimum absolute atomic E-state index is 0.0462. The molecule has 2 aliphatic rings. The molecule has 1 amide bonds. The summed E-state index contributed by atoms with van der Waals surface area (Å²) in [5, 5.41) is 14.6. The number of carbonyl (C=O) groups is 1. The molecule has 1 aliphatic heterocycles. The minimum Gasteiger partial charge on any atom is -0.389 e. The van der Waals surface area contributed by atoms with Crippen LogP contribution in [0.25, 0.3) is 0 Å². The van der Waals surface area contributed by atoms with Crippen LogP contribution < -0.4 is 10.2 Å². The SMILES string of the molecule is CCN(CC)c1ccc([C@@H]2[C@H]3CCCC[C@@]3(O)CCN2CC(=O)NCc2ccccc2)cc1. The molecule has 1 saturated carbocycles. The molecular formula is C28H39N3O2. The average molecular weight is 450 g/mol. The summed E-state index contributed by atoms with van der Waals surface area (Å²) in [5.41, 5.74) is 2.93. The number of amides is 1. The van der Waals surface area contributed by atoms with Gasteiger partial charge in [0.1, 0.15) is 0 Å². The smallest absolute Gasteiger partial charge is 0.234 e. The number of piperidine rings is 1. The molecule has 3 atom stereocenters. The van der Waals surface area contributed by atoms with Crippen molar-refractivity contribution in [1.29, 1.82) is 0 Å². The summed E-state index contributed by atoms with van der Waals surface area (Å²) in [4.78, 5) is 17.5. The van der Waals surface area contributed by atoms with Gasteiger partial charge in [0.2, 0.25) is 5.91 Å². The van der Waals surface area contributed by atoms with Gasteiger partial charge in [-0.1, -0.05) is 55.3 Å². The standard InChI is InChI=1S/C28H39N3O2/c1-3-30(4-2)24-15-13-23(14-16-24)27-25-12-8-9-17-28(25,33)18-19-31(27)21-26(32)29-20-22-10-6-5-7-11-22/h5-7,10-11,13-16,25,27,33H,3-4,8-9,12,17-21H2,1-2H3,(H,29,32)/t25-,27-,28-/m1/s1. The number of carbonyl (C=O) groups excluding carboxylic acids is 1. The fourth-order valence-corrected chi connectivity index (χ4v) is 5.87. The summed E-state index contributed by atoms with van der Waals surface area (Å²) in [6.45, 7) is 7.97. The quantitative estimate of drug-likeness (QED) is 0.622. The maximum Gasteiger partial charge on any atom is 0.234 e. The number of rotatable bonds is 8. The molecule has 2 aromatic carbocycles. The molecule has 1 saturated heterocycles. The van der Waals surface area contributed by atoms with Gasteiger partial charge in [0.05, 0.1) is 12.1 Å². The van der Waals surface area contributed by atoms with Crippen LogP contribution in [0.3, 0.4) is 0 Å². The van der Waals surface area contributed by atoms with Gasteiger partial charge in [-0.05, 0) is 56.4 Å². The van der Waals surface area contributed by atoms with Gasteiger partial charge in [-0.25, -0.2) is 0 Å². The van der Waals surface area contributed by atoms with Gasteiger partial charge in [-0.2, -0.15) is 0 Å². The van der Waals surface area contributed by atoms with Crippen LogP contribution in [0.2, 0.25) is 0 Å². The number of benzene rings is 2. The fourth-order valence-electron chi connectivity index (χ4n) is 5.87. The van der Waals surface area contributed by atoms with Crippen LogP contribution in [0.5, 0.6) is 0 Å².